The van der Waals surface area contributed by atoms with Crippen LogP contribution in [0.4, 0.5) is 5.69 Å². The first kappa shape index (κ1) is 23.2. The Morgan fingerprint density at radius 1 is 1.12 bits per heavy atom. The van der Waals surface area contributed by atoms with E-state index >= 15 is 0 Å². The molecule has 0 saturated heterocycles. The van der Waals surface area contributed by atoms with Crippen LogP contribution in [0.2, 0.25) is 10.0 Å². The lowest BCUT2D eigenvalue weighted by molar-refractivity contribution is -0.112. The summed E-state index contributed by atoms with van der Waals surface area (Å²) in [5, 5.41) is 13.0. The number of methoxy groups -OCH3 is 1. The summed E-state index contributed by atoms with van der Waals surface area (Å²) in [4.78, 5) is 12.5. The first-order valence-corrected chi connectivity index (χ1v) is 10.4. The van der Waals surface area contributed by atoms with Gasteiger partial charge in [0.15, 0.2) is 11.5 Å². The van der Waals surface area contributed by atoms with Gasteiger partial charge >= 0.3 is 0 Å². The van der Waals surface area contributed by atoms with Crippen molar-refractivity contribution in [2.75, 3.05) is 12.4 Å². The van der Waals surface area contributed by atoms with Crippen molar-refractivity contribution in [1.82, 2.24) is 0 Å². The van der Waals surface area contributed by atoms with Crippen LogP contribution in [0.25, 0.3) is 6.08 Å². The van der Waals surface area contributed by atoms with Crippen molar-refractivity contribution in [3.05, 3.63) is 93.0 Å². The van der Waals surface area contributed by atoms with Crippen molar-refractivity contribution in [2.24, 2.45) is 0 Å². The standard InChI is InChI=1S/C25H20Cl2N2O3/c1-16-4-3-5-17(10-16)15-32-24-22(27)12-18(13-23(24)31-2)11-19(14-28)25(30)29-21-8-6-20(26)7-9-21/h3-13H,15H2,1-2H3,(H,29,30)/b19-11-. The van der Waals surface area contributed by atoms with Crippen LogP contribution in [0.3, 0.4) is 0 Å². The Labute approximate surface area is 196 Å². The second-order valence-corrected chi connectivity index (χ2v) is 7.79. The van der Waals surface area contributed by atoms with Crippen molar-refractivity contribution in [1.29, 1.82) is 5.26 Å². The van der Waals surface area contributed by atoms with Gasteiger partial charge in [0.05, 0.1) is 12.1 Å². The zero-order valence-electron chi connectivity index (χ0n) is 17.5. The van der Waals surface area contributed by atoms with E-state index in [1.807, 2.05) is 37.3 Å². The normalized spacial score (nSPS) is 10.9. The van der Waals surface area contributed by atoms with Crippen molar-refractivity contribution >= 4 is 40.9 Å². The van der Waals surface area contributed by atoms with E-state index in [4.69, 9.17) is 32.7 Å². The van der Waals surface area contributed by atoms with Crippen LogP contribution >= 0.6 is 23.2 Å². The summed E-state index contributed by atoms with van der Waals surface area (Å²) in [7, 11) is 1.50. The average molecular weight is 467 g/mol. The Hall–Kier alpha value is -3.46. The molecule has 0 unspecified atom stereocenters. The molecule has 0 fully saturated rings. The third-order valence-electron chi connectivity index (χ3n) is 4.50. The number of benzene rings is 3. The number of nitriles is 1. The van der Waals surface area contributed by atoms with Gasteiger partial charge in [0, 0.05) is 10.7 Å². The number of amides is 1. The van der Waals surface area contributed by atoms with Gasteiger partial charge in [0.1, 0.15) is 18.2 Å². The average Bonchev–Trinajstić information content (AvgIpc) is 2.77. The van der Waals surface area contributed by atoms with Gasteiger partial charge in [0.2, 0.25) is 0 Å². The molecule has 0 aliphatic rings. The summed E-state index contributed by atoms with van der Waals surface area (Å²) in [5.74, 6) is 0.230. The van der Waals surface area contributed by atoms with Crippen LogP contribution in [0.1, 0.15) is 16.7 Å². The lowest BCUT2D eigenvalue weighted by Crippen LogP contribution is -2.13. The molecule has 0 aromatic heterocycles. The number of hydrogen-bond acceptors (Lipinski definition) is 4. The van der Waals surface area contributed by atoms with Gasteiger partial charge in [-0.1, -0.05) is 53.0 Å². The number of hydrogen-bond donors (Lipinski definition) is 1. The molecule has 5 nitrogen and oxygen atoms in total. The van der Waals surface area contributed by atoms with Gasteiger partial charge in [0.25, 0.3) is 5.91 Å². The number of halogens is 2. The first-order chi connectivity index (χ1) is 15.4. The maximum absolute atomic E-state index is 12.5. The summed E-state index contributed by atoms with van der Waals surface area (Å²) < 4.78 is 11.3. The molecule has 7 heteroatoms. The number of aryl methyl sites for hydroxylation is 1. The molecule has 0 bridgehead atoms. The van der Waals surface area contributed by atoms with E-state index < -0.39 is 5.91 Å². The second kappa shape index (κ2) is 10.7. The molecule has 32 heavy (non-hydrogen) atoms. The summed E-state index contributed by atoms with van der Waals surface area (Å²) in [6.45, 7) is 2.33. The summed E-state index contributed by atoms with van der Waals surface area (Å²) in [5.41, 5.74) is 3.09. The maximum Gasteiger partial charge on any atom is 0.266 e. The molecule has 3 aromatic carbocycles. The Morgan fingerprint density at radius 3 is 2.53 bits per heavy atom. The van der Waals surface area contributed by atoms with Crippen LogP contribution in [-0.4, -0.2) is 13.0 Å². The Bertz CT molecular complexity index is 1200. The van der Waals surface area contributed by atoms with E-state index in [9.17, 15) is 10.1 Å². The summed E-state index contributed by atoms with van der Waals surface area (Å²) in [6, 6.07) is 19.7. The molecule has 3 aromatic rings. The number of anilines is 1. The lowest BCUT2D eigenvalue weighted by atomic mass is 10.1. The largest absolute Gasteiger partial charge is 0.493 e. The fourth-order valence-electron chi connectivity index (χ4n) is 2.97. The summed E-state index contributed by atoms with van der Waals surface area (Å²) >= 11 is 12.3. The van der Waals surface area contributed by atoms with Crippen molar-refractivity contribution in [3.8, 4) is 17.6 Å². The Kier molecular flexibility index (Phi) is 7.77. The maximum atomic E-state index is 12.5. The number of nitrogens with zero attached hydrogens (tertiary/aromatic N) is 1. The predicted molar refractivity (Wildman–Crippen MR) is 127 cm³/mol. The van der Waals surface area contributed by atoms with Crippen molar-refractivity contribution in [3.63, 3.8) is 0 Å². The molecule has 1 N–H and O–H groups in total. The topological polar surface area (TPSA) is 71.3 Å². The van der Waals surface area contributed by atoms with E-state index in [0.717, 1.165) is 11.1 Å². The van der Waals surface area contributed by atoms with Gasteiger partial charge in [-0.3, -0.25) is 4.79 Å². The highest BCUT2D eigenvalue weighted by molar-refractivity contribution is 6.32. The summed E-state index contributed by atoms with van der Waals surface area (Å²) in [6.07, 6.45) is 1.43. The highest BCUT2D eigenvalue weighted by Crippen LogP contribution is 2.37. The smallest absolute Gasteiger partial charge is 0.266 e. The fourth-order valence-corrected chi connectivity index (χ4v) is 3.37. The van der Waals surface area contributed by atoms with E-state index in [2.05, 4.69) is 5.32 Å². The van der Waals surface area contributed by atoms with Crippen molar-refractivity contribution in [2.45, 2.75) is 13.5 Å². The van der Waals surface area contributed by atoms with E-state index in [-0.39, 0.29) is 5.57 Å². The number of nitrogens with one attached hydrogen (secondary N) is 1. The van der Waals surface area contributed by atoms with E-state index in [1.54, 1.807) is 36.4 Å². The molecule has 162 valence electrons. The molecule has 0 atom stereocenters. The van der Waals surface area contributed by atoms with Gasteiger partial charge < -0.3 is 14.8 Å². The molecule has 0 radical (unpaired) electrons. The van der Waals surface area contributed by atoms with Crippen molar-refractivity contribution < 1.29 is 14.3 Å². The van der Waals surface area contributed by atoms with Gasteiger partial charge in [-0.2, -0.15) is 5.26 Å². The van der Waals surface area contributed by atoms with Crippen LogP contribution in [0.5, 0.6) is 11.5 Å². The molecule has 0 aliphatic heterocycles. The van der Waals surface area contributed by atoms with Crippen LogP contribution in [0.15, 0.2) is 66.2 Å². The minimum Gasteiger partial charge on any atom is -0.493 e. The third-order valence-corrected chi connectivity index (χ3v) is 5.03. The molecule has 0 spiro atoms. The molecule has 3 rings (SSSR count). The molecule has 0 aliphatic carbocycles. The van der Waals surface area contributed by atoms with Gasteiger partial charge in [-0.15, -0.1) is 0 Å². The predicted octanol–water partition coefficient (Wildman–Crippen LogP) is 6.44. The number of ether oxygens (including phenoxy) is 2. The lowest BCUT2D eigenvalue weighted by Gasteiger charge is -2.14. The SMILES string of the molecule is COc1cc(/C=C(/C#N)C(=O)Nc2ccc(Cl)cc2)cc(Cl)c1OCc1cccc(C)c1. The quantitative estimate of drug-likeness (QED) is 0.321. The Balaban J connectivity index is 1.81. The fraction of sp³-hybridized carbons (Fsp3) is 0.120. The number of carbonyl (C=O) groups is 1. The zero-order valence-corrected chi connectivity index (χ0v) is 19.0. The molecule has 1 amide bonds. The number of carbonyl (C=O) groups excluding carboxylic acids is 1. The third kappa shape index (κ3) is 6.04. The van der Waals surface area contributed by atoms with Crippen LogP contribution in [0, 0.1) is 18.3 Å². The minimum atomic E-state index is -0.551. The first-order valence-electron chi connectivity index (χ1n) is 9.64. The molecule has 0 heterocycles. The van der Waals surface area contributed by atoms with Crippen LogP contribution in [-0.2, 0) is 11.4 Å². The van der Waals surface area contributed by atoms with Crippen LogP contribution < -0.4 is 14.8 Å². The highest BCUT2D eigenvalue weighted by Gasteiger charge is 2.14. The molecular formula is C25H20Cl2N2O3. The molecule has 0 saturated carbocycles. The van der Waals surface area contributed by atoms with Gasteiger partial charge in [-0.05, 0) is 60.5 Å². The minimum absolute atomic E-state index is 0.0912. The number of rotatable bonds is 7. The van der Waals surface area contributed by atoms with E-state index in [1.165, 1.54) is 13.2 Å². The second-order valence-electron chi connectivity index (χ2n) is 6.94. The molecular weight excluding hydrogens is 447 g/mol. The van der Waals surface area contributed by atoms with E-state index in [0.29, 0.717) is 39.4 Å². The Morgan fingerprint density at radius 2 is 1.88 bits per heavy atom. The monoisotopic (exact) mass is 466 g/mol. The van der Waals surface area contributed by atoms with Gasteiger partial charge in [-0.25, -0.2) is 0 Å². The zero-order chi connectivity index (χ0) is 23.1. The highest BCUT2D eigenvalue weighted by atomic mass is 35.5.